The number of hydrogen-bond acceptors (Lipinski definition) is 5. The number of nitro benzene ring substituents is 1. The van der Waals surface area contributed by atoms with Gasteiger partial charge >= 0.3 is 0 Å². The molecule has 0 atom stereocenters. The van der Waals surface area contributed by atoms with Crippen LogP contribution < -0.4 is 4.83 Å². The molecule has 0 radical (unpaired) electrons. The largest absolute Gasteiger partial charge is 0.318 e. The van der Waals surface area contributed by atoms with Crippen molar-refractivity contribution >= 4 is 21.9 Å². The molecule has 150 valence electrons. The van der Waals surface area contributed by atoms with E-state index in [0.29, 0.717) is 0 Å². The highest BCUT2D eigenvalue weighted by molar-refractivity contribution is 7.89. The molecular weight excluding hydrogens is 392 g/mol. The molecule has 1 N–H and O–H groups in total. The number of non-ortho nitro benzene ring substituents is 1. The molecule has 0 unspecified atom stereocenters. The number of aryl methyl sites for hydroxylation is 2. The summed E-state index contributed by atoms with van der Waals surface area (Å²) in [7, 11) is -4.02. The summed E-state index contributed by atoms with van der Waals surface area (Å²) in [6.07, 6.45) is 1.42. The zero-order valence-corrected chi connectivity index (χ0v) is 17.0. The van der Waals surface area contributed by atoms with Crippen molar-refractivity contribution in [3.8, 4) is 5.69 Å². The molecule has 3 rings (SSSR count). The van der Waals surface area contributed by atoms with Gasteiger partial charge in [0.15, 0.2) is 0 Å². The number of hydrogen-bond donors (Lipinski definition) is 1. The zero-order valence-electron chi connectivity index (χ0n) is 16.2. The first-order valence-electron chi connectivity index (χ1n) is 8.74. The van der Waals surface area contributed by atoms with Crippen molar-refractivity contribution in [2.24, 2.45) is 5.10 Å². The summed E-state index contributed by atoms with van der Waals surface area (Å²) in [4.78, 5) is 12.1. The van der Waals surface area contributed by atoms with Crippen LogP contribution >= 0.6 is 0 Å². The fraction of sp³-hybridized carbons (Fsp3) is 0.150. The standard InChI is InChI=1S/C20H20N4O4S/c1-14-7-9-18(10-8-14)23-15(2)11-17(16(23)3)13-21-22-29(27,28)20-6-4-5-19(12-20)24(25)26/h4-13,22H,1-3H3/b21-13-. The number of aromatic nitrogens is 1. The van der Waals surface area contributed by atoms with Crippen LogP contribution in [0.4, 0.5) is 5.69 Å². The SMILES string of the molecule is Cc1ccc(-n2c(C)cc(/C=N\NS(=O)(=O)c3cccc([N+](=O)[O-])c3)c2C)cc1. The Morgan fingerprint density at radius 2 is 1.76 bits per heavy atom. The second-order valence-corrected chi connectivity index (χ2v) is 8.27. The van der Waals surface area contributed by atoms with Crippen molar-refractivity contribution in [3.63, 3.8) is 0 Å². The monoisotopic (exact) mass is 412 g/mol. The van der Waals surface area contributed by atoms with E-state index >= 15 is 0 Å². The van der Waals surface area contributed by atoms with E-state index in [0.717, 1.165) is 34.3 Å². The van der Waals surface area contributed by atoms with E-state index in [1.807, 2.05) is 51.1 Å². The molecule has 0 saturated carbocycles. The van der Waals surface area contributed by atoms with Gasteiger partial charge in [-0.2, -0.15) is 13.5 Å². The Labute approximate surface area is 168 Å². The number of nitro groups is 1. The van der Waals surface area contributed by atoms with Crippen LogP contribution in [-0.4, -0.2) is 24.1 Å². The third kappa shape index (κ3) is 4.35. The molecule has 0 aliphatic heterocycles. The van der Waals surface area contributed by atoms with Crippen LogP contribution in [0.2, 0.25) is 0 Å². The fourth-order valence-corrected chi connectivity index (χ4v) is 3.82. The number of hydrazone groups is 1. The van der Waals surface area contributed by atoms with Crippen molar-refractivity contribution < 1.29 is 13.3 Å². The van der Waals surface area contributed by atoms with Gasteiger partial charge in [0.05, 0.1) is 16.0 Å². The van der Waals surface area contributed by atoms with Crippen LogP contribution in [0.25, 0.3) is 5.69 Å². The Morgan fingerprint density at radius 1 is 1.07 bits per heavy atom. The lowest BCUT2D eigenvalue weighted by molar-refractivity contribution is -0.385. The van der Waals surface area contributed by atoms with Crippen molar-refractivity contribution in [2.75, 3.05) is 0 Å². The first-order chi connectivity index (χ1) is 13.7. The van der Waals surface area contributed by atoms with Crippen molar-refractivity contribution in [3.05, 3.63) is 87.2 Å². The minimum Gasteiger partial charge on any atom is -0.318 e. The van der Waals surface area contributed by atoms with Gasteiger partial charge in [0.1, 0.15) is 0 Å². The van der Waals surface area contributed by atoms with Crippen LogP contribution in [0.3, 0.4) is 0 Å². The summed E-state index contributed by atoms with van der Waals surface area (Å²) in [5, 5.41) is 14.7. The highest BCUT2D eigenvalue weighted by Gasteiger charge is 2.17. The molecule has 8 nitrogen and oxygen atoms in total. The molecule has 0 saturated heterocycles. The Kier molecular flexibility index (Phi) is 5.51. The Bertz CT molecular complexity index is 1200. The molecule has 0 fully saturated rings. The molecule has 0 aliphatic carbocycles. The average Bonchev–Trinajstić information content (AvgIpc) is 2.96. The Morgan fingerprint density at radius 3 is 2.41 bits per heavy atom. The molecule has 0 amide bonds. The minimum absolute atomic E-state index is 0.228. The third-order valence-electron chi connectivity index (χ3n) is 4.48. The number of sulfonamides is 1. The van der Waals surface area contributed by atoms with E-state index < -0.39 is 14.9 Å². The Balaban J connectivity index is 1.84. The van der Waals surface area contributed by atoms with Crippen LogP contribution in [0.1, 0.15) is 22.5 Å². The highest BCUT2D eigenvalue weighted by atomic mass is 32.2. The maximum atomic E-state index is 12.4. The molecular formula is C20H20N4O4S. The predicted molar refractivity (Wildman–Crippen MR) is 111 cm³/mol. The lowest BCUT2D eigenvalue weighted by Gasteiger charge is -2.09. The van der Waals surface area contributed by atoms with E-state index in [-0.39, 0.29) is 10.6 Å². The van der Waals surface area contributed by atoms with Gasteiger partial charge in [-0.25, -0.2) is 4.83 Å². The normalized spacial score (nSPS) is 11.7. The van der Waals surface area contributed by atoms with Crippen molar-refractivity contribution in [1.82, 2.24) is 9.40 Å². The second-order valence-electron chi connectivity index (χ2n) is 6.60. The van der Waals surface area contributed by atoms with Crippen LogP contribution in [0.5, 0.6) is 0 Å². The second kappa shape index (κ2) is 7.88. The summed E-state index contributed by atoms with van der Waals surface area (Å²) in [5.74, 6) is 0. The number of benzene rings is 2. The topological polar surface area (TPSA) is 107 Å². The van der Waals surface area contributed by atoms with Crippen LogP contribution in [0, 0.1) is 30.9 Å². The van der Waals surface area contributed by atoms with Crippen LogP contribution in [0.15, 0.2) is 64.6 Å². The lowest BCUT2D eigenvalue weighted by atomic mass is 10.2. The van der Waals surface area contributed by atoms with Gasteiger partial charge < -0.3 is 4.57 Å². The molecule has 1 aromatic heterocycles. The van der Waals surface area contributed by atoms with Gasteiger partial charge in [0.25, 0.3) is 15.7 Å². The molecule has 9 heteroatoms. The van der Waals surface area contributed by atoms with Crippen molar-refractivity contribution in [2.45, 2.75) is 25.7 Å². The number of rotatable bonds is 6. The first kappa shape index (κ1) is 20.3. The molecule has 1 heterocycles. The fourth-order valence-electron chi connectivity index (χ4n) is 2.99. The van der Waals surface area contributed by atoms with Crippen molar-refractivity contribution in [1.29, 1.82) is 0 Å². The molecule has 2 aromatic carbocycles. The Hall–Kier alpha value is -3.46. The van der Waals surface area contributed by atoms with E-state index in [1.165, 1.54) is 24.4 Å². The molecule has 0 aliphatic rings. The zero-order chi connectivity index (χ0) is 21.2. The summed E-state index contributed by atoms with van der Waals surface area (Å²) >= 11 is 0. The molecule has 29 heavy (non-hydrogen) atoms. The van der Waals surface area contributed by atoms with Gasteiger partial charge in [-0.15, -0.1) is 0 Å². The van der Waals surface area contributed by atoms with E-state index in [1.54, 1.807) is 0 Å². The first-order valence-corrected chi connectivity index (χ1v) is 10.2. The maximum absolute atomic E-state index is 12.4. The third-order valence-corrected chi connectivity index (χ3v) is 5.70. The summed E-state index contributed by atoms with van der Waals surface area (Å²) in [6.45, 7) is 5.89. The average molecular weight is 412 g/mol. The van der Waals surface area contributed by atoms with Gasteiger partial charge in [0, 0.05) is 34.8 Å². The van der Waals surface area contributed by atoms with E-state index in [9.17, 15) is 18.5 Å². The molecule has 3 aromatic rings. The summed E-state index contributed by atoms with van der Waals surface area (Å²) in [5.41, 5.74) is 4.50. The summed E-state index contributed by atoms with van der Waals surface area (Å²) in [6, 6.07) is 14.8. The number of nitrogens with one attached hydrogen (secondary N) is 1. The predicted octanol–water partition coefficient (Wildman–Crippen LogP) is 3.62. The smallest absolute Gasteiger partial charge is 0.276 e. The van der Waals surface area contributed by atoms with Crippen LogP contribution in [-0.2, 0) is 10.0 Å². The maximum Gasteiger partial charge on any atom is 0.276 e. The minimum atomic E-state index is -4.02. The van der Waals surface area contributed by atoms with Gasteiger partial charge in [0.2, 0.25) is 0 Å². The molecule has 0 spiro atoms. The van der Waals surface area contributed by atoms with Gasteiger partial charge in [-0.05, 0) is 45.0 Å². The van der Waals surface area contributed by atoms with E-state index in [4.69, 9.17) is 0 Å². The van der Waals surface area contributed by atoms with E-state index in [2.05, 4.69) is 14.5 Å². The molecule has 0 bridgehead atoms. The van der Waals surface area contributed by atoms with Gasteiger partial charge in [-0.3, -0.25) is 10.1 Å². The quantitative estimate of drug-likeness (QED) is 0.379. The van der Waals surface area contributed by atoms with Gasteiger partial charge in [-0.1, -0.05) is 23.8 Å². The highest BCUT2D eigenvalue weighted by Crippen LogP contribution is 2.20. The summed E-state index contributed by atoms with van der Waals surface area (Å²) < 4.78 is 26.8. The lowest BCUT2D eigenvalue weighted by Crippen LogP contribution is -2.18. The number of nitrogens with zero attached hydrogens (tertiary/aromatic N) is 3.